The molecular weight excluding hydrogens is 344 g/mol. The lowest BCUT2D eigenvalue weighted by Crippen LogP contribution is -2.46. The Morgan fingerprint density at radius 2 is 1.95 bits per heavy atom. The summed E-state index contributed by atoms with van der Waals surface area (Å²) in [5, 5.41) is 3.12. The molecule has 1 fully saturated rings. The van der Waals surface area contributed by atoms with Gasteiger partial charge in [-0.05, 0) is 37.1 Å². The maximum absolute atomic E-state index is 11.7. The smallest absolute Gasteiger partial charge is 0.222 e. The van der Waals surface area contributed by atoms with E-state index in [1.54, 1.807) is 0 Å². The summed E-state index contributed by atoms with van der Waals surface area (Å²) in [7, 11) is 0. The molecule has 1 heterocycles. The number of amides is 1. The molecule has 1 aliphatic rings. The third-order valence-electron chi connectivity index (χ3n) is 3.95. The van der Waals surface area contributed by atoms with Gasteiger partial charge in [0.1, 0.15) is 12.4 Å². The Morgan fingerprint density at radius 3 is 2.55 bits per heavy atom. The van der Waals surface area contributed by atoms with E-state index in [0.29, 0.717) is 12.6 Å². The number of carbonyl (C=O) groups excluding carboxylic acids is 1. The van der Waals surface area contributed by atoms with Crippen LogP contribution in [-0.2, 0) is 4.79 Å². The molecular formula is C17H25BrN2O2. The second-order valence-corrected chi connectivity index (χ2v) is 7.00. The van der Waals surface area contributed by atoms with Crippen LogP contribution in [0.4, 0.5) is 0 Å². The summed E-state index contributed by atoms with van der Waals surface area (Å²) in [6, 6.07) is 8.24. The lowest BCUT2D eigenvalue weighted by molar-refractivity contribution is -0.125. The van der Waals surface area contributed by atoms with E-state index in [2.05, 4.69) is 26.1 Å². The van der Waals surface area contributed by atoms with E-state index in [9.17, 15) is 4.79 Å². The van der Waals surface area contributed by atoms with Gasteiger partial charge in [0.25, 0.3) is 0 Å². The number of carbonyl (C=O) groups is 1. The van der Waals surface area contributed by atoms with Gasteiger partial charge < -0.3 is 10.1 Å². The maximum atomic E-state index is 11.7. The first-order chi connectivity index (χ1) is 10.5. The topological polar surface area (TPSA) is 41.6 Å². The van der Waals surface area contributed by atoms with Gasteiger partial charge in [0.2, 0.25) is 5.91 Å². The third kappa shape index (κ3) is 5.61. The molecule has 0 saturated carbocycles. The van der Waals surface area contributed by atoms with E-state index in [-0.39, 0.29) is 11.8 Å². The van der Waals surface area contributed by atoms with Gasteiger partial charge in [-0.15, -0.1) is 0 Å². The molecule has 22 heavy (non-hydrogen) atoms. The minimum absolute atomic E-state index is 0.0670. The summed E-state index contributed by atoms with van der Waals surface area (Å²) < 4.78 is 6.81. The molecule has 1 amide bonds. The summed E-state index contributed by atoms with van der Waals surface area (Å²) >= 11 is 3.41. The van der Waals surface area contributed by atoms with Crippen molar-refractivity contribution in [1.29, 1.82) is 0 Å². The Labute approximate surface area is 141 Å². The summed E-state index contributed by atoms with van der Waals surface area (Å²) in [6.07, 6.45) is 2.05. The van der Waals surface area contributed by atoms with E-state index in [1.807, 2.05) is 38.1 Å². The number of hydrogen-bond acceptors (Lipinski definition) is 3. The first-order valence-corrected chi connectivity index (χ1v) is 8.75. The van der Waals surface area contributed by atoms with Crippen LogP contribution in [0.2, 0.25) is 0 Å². The number of hydrogen-bond donors (Lipinski definition) is 1. The lowest BCUT2D eigenvalue weighted by Gasteiger charge is -2.32. The SMILES string of the molecule is CC(C)C(=O)NC1CCN(CCOc2ccc(Br)cc2)CC1. The van der Waals surface area contributed by atoms with E-state index in [4.69, 9.17) is 4.74 Å². The largest absolute Gasteiger partial charge is 0.492 e. The second-order valence-electron chi connectivity index (χ2n) is 6.08. The van der Waals surface area contributed by atoms with Crippen LogP contribution < -0.4 is 10.1 Å². The van der Waals surface area contributed by atoms with Gasteiger partial charge in [0.15, 0.2) is 0 Å². The predicted molar refractivity (Wildman–Crippen MR) is 92.1 cm³/mol. The van der Waals surface area contributed by atoms with Crippen molar-refractivity contribution in [3.8, 4) is 5.75 Å². The van der Waals surface area contributed by atoms with E-state index in [1.165, 1.54) is 0 Å². The number of ether oxygens (including phenoxy) is 1. The third-order valence-corrected chi connectivity index (χ3v) is 4.48. The molecule has 0 spiro atoms. The monoisotopic (exact) mass is 368 g/mol. The van der Waals surface area contributed by atoms with Crippen LogP contribution in [0.1, 0.15) is 26.7 Å². The number of halogens is 1. The Balaban J connectivity index is 1.63. The van der Waals surface area contributed by atoms with Crippen LogP contribution in [0.3, 0.4) is 0 Å². The fourth-order valence-corrected chi connectivity index (χ4v) is 2.76. The van der Waals surface area contributed by atoms with Gasteiger partial charge in [-0.2, -0.15) is 0 Å². The molecule has 5 heteroatoms. The van der Waals surface area contributed by atoms with Crippen molar-refractivity contribution in [2.45, 2.75) is 32.7 Å². The van der Waals surface area contributed by atoms with Crippen LogP contribution in [0.5, 0.6) is 5.75 Å². The van der Waals surface area contributed by atoms with Crippen molar-refractivity contribution < 1.29 is 9.53 Å². The van der Waals surface area contributed by atoms with Crippen molar-refractivity contribution in [1.82, 2.24) is 10.2 Å². The van der Waals surface area contributed by atoms with E-state index < -0.39 is 0 Å². The Hall–Kier alpha value is -1.07. The molecule has 0 aromatic heterocycles. The second kappa shape index (κ2) is 8.53. The van der Waals surface area contributed by atoms with Gasteiger partial charge in [-0.1, -0.05) is 29.8 Å². The highest BCUT2D eigenvalue weighted by molar-refractivity contribution is 9.10. The number of rotatable bonds is 6. The predicted octanol–water partition coefficient (Wildman–Crippen LogP) is 3.06. The van der Waals surface area contributed by atoms with Crippen LogP contribution in [0, 0.1) is 5.92 Å². The molecule has 1 saturated heterocycles. The zero-order valence-corrected chi connectivity index (χ0v) is 14.9. The Bertz CT molecular complexity index is 468. The van der Waals surface area contributed by atoms with Crippen molar-refractivity contribution >= 4 is 21.8 Å². The van der Waals surface area contributed by atoms with Crippen molar-refractivity contribution in [2.24, 2.45) is 5.92 Å². The standard InChI is InChI=1S/C17H25BrN2O2/c1-13(2)17(21)19-15-7-9-20(10-8-15)11-12-22-16-5-3-14(18)4-6-16/h3-6,13,15H,7-12H2,1-2H3,(H,19,21). The normalized spacial score (nSPS) is 16.7. The maximum Gasteiger partial charge on any atom is 0.222 e. The number of piperidine rings is 1. The van der Waals surface area contributed by atoms with Gasteiger partial charge in [-0.3, -0.25) is 9.69 Å². The van der Waals surface area contributed by atoms with Crippen molar-refractivity contribution in [2.75, 3.05) is 26.2 Å². The molecule has 1 aromatic rings. The highest BCUT2D eigenvalue weighted by Gasteiger charge is 2.21. The van der Waals surface area contributed by atoms with Crippen molar-refractivity contribution in [3.63, 3.8) is 0 Å². The van der Waals surface area contributed by atoms with Gasteiger partial charge >= 0.3 is 0 Å². The van der Waals surface area contributed by atoms with E-state index >= 15 is 0 Å². The number of benzene rings is 1. The van der Waals surface area contributed by atoms with E-state index in [0.717, 1.165) is 42.7 Å². The quantitative estimate of drug-likeness (QED) is 0.838. The zero-order chi connectivity index (χ0) is 15.9. The van der Waals surface area contributed by atoms with Crippen molar-refractivity contribution in [3.05, 3.63) is 28.7 Å². The minimum Gasteiger partial charge on any atom is -0.492 e. The fraction of sp³-hybridized carbons (Fsp3) is 0.588. The average Bonchev–Trinajstić information content (AvgIpc) is 2.51. The first kappa shape index (κ1) is 17.3. The molecule has 0 unspecified atom stereocenters. The Morgan fingerprint density at radius 1 is 1.32 bits per heavy atom. The summed E-state index contributed by atoms with van der Waals surface area (Å²) in [5.74, 6) is 1.14. The van der Waals surface area contributed by atoms with Crippen LogP contribution in [0.25, 0.3) is 0 Å². The molecule has 0 bridgehead atoms. The molecule has 0 radical (unpaired) electrons. The Kier molecular flexibility index (Phi) is 6.70. The number of nitrogens with zero attached hydrogens (tertiary/aromatic N) is 1. The number of nitrogens with one attached hydrogen (secondary N) is 1. The lowest BCUT2D eigenvalue weighted by atomic mass is 10.0. The molecule has 4 nitrogen and oxygen atoms in total. The van der Waals surface area contributed by atoms with Gasteiger partial charge in [0, 0.05) is 36.1 Å². The molecule has 1 aromatic carbocycles. The number of likely N-dealkylation sites (tertiary alicyclic amines) is 1. The highest BCUT2D eigenvalue weighted by Crippen LogP contribution is 2.16. The molecule has 1 N–H and O–H groups in total. The average molecular weight is 369 g/mol. The first-order valence-electron chi connectivity index (χ1n) is 7.95. The molecule has 2 rings (SSSR count). The van der Waals surface area contributed by atoms with Crippen LogP contribution in [-0.4, -0.2) is 43.1 Å². The molecule has 0 aliphatic carbocycles. The zero-order valence-electron chi connectivity index (χ0n) is 13.3. The summed E-state index contributed by atoms with van der Waals surface area (Å²) in [5.41, 5.74) is 0. The van der Waals surface area contributed by atoms with Crippen LogP contribution in [0.15, 0.2) is 28.7 Å². The van der Waals surface area contributed by atoms with Gasteiger partial charge in [-0.25, -0.2) is 0 Å². The molecule has 122 valence electrons. The highest BCUT2D eigenvalue weighted by atomic mass is 79.9. The molecule has 1 aliphatic heterocycles. The minimum atomic E-state index is 0.0670. The summed E-state index contributed by atoms with van der Waals surface area (Å²) in [6.45, 7) is 7.54. The van der Waals surface area contributed by atoms with Gasteiger partial charge in [0.05, 0.1) is 0 Å². The summed E-state index contributed by atoms with van der Waals surface area (Å²) in [4.78, 5) is 14.1. The van der Waals surface area contributed by atoms with Crippen LogP contribution >= 0.6 is 15.9 Å². The molecule has 0 atom stereocenters. The fourth-order valence-electron chi connectivity index (χ4n) is 2.49.